The maximum atomic E-state index is 12.2. The Labute approximate surface area is 115 Å². The van der Waals surface area contributed by atoms with Gasteiger partial charge >= 0.3 is 0 Å². The SMILES string of the molecule is Cc1ccc(S(=O)(=O)C[C@@H](CO)[C@H](O)C(C)C)cc1. The third-order valence-corrected chi connectivity index (χ3v) is 5.07. The molecule has 0 saturated carbocycles. The first-order valence-corrected chi connectivity index (χ1v) is 8.01. The smallest absolute Gasteiger partial charge is 0.178 e. The fourth-order valence-electron chi connectivity index (χ4n) is 1.93. The molecular weight excluding hydrogens is 264 g/mol. The monoisotopic (exact) mass is 286 g/mol. The first-order valence-electron chi connectivity index (χ1n) is 6.36. The van der Waals surface area contributed by atoms with Gasteiger partial charge in [-0.25, -0.2) is 8.42 Å². The van der Waals surface area contributed by atoms with Gasteiger partial charge in [-0.1, -0.05) is 31.5 Å². The van der Waals surface area contributed by atoms with Crippen molar-refractivity contribution in [2.24, 2.45) is 11.8 Å². The number of aryl methyl sites for hydroxylation is 1. The van der Waals surface area contributed by atoms with Crippen LogP contribution in [-0.2, 0) is 9.84 Å². The predicted octanol–water partition coefficient (Wildman–Crippen LogP) is 1.39. The predicted molar refractivity (Wildman–Crippen MR) is 74.7 cm³/mol. The molecule has 1 aromatic carbocycles. The third-order valence-electron chi connectivity index (χ3n) is 3.21. The van der Waals surface area contributed by atoms with E-state index in [0.717, 1.165) is 5.56 Å². The lowest BCUT2D eigenvalue weighted by Gasteiger charge is -2.23. The molecule has 0 heterocycles. The van der Waals surface area contributed by atoms with Gasteiger partial charge in [0.2, 0.25) is 0 Å². The van der Waals surface area contributed by atoms with Crippen molar-refractivity contribution in [2.75, 3.05) is 12.4 Å². The second-order valence-corrected chi connectivity index (χ2v) is 7.31. The van der Waals surface area contributed by atoms with E-state index in [0.29, 0.717) is 0 Å². The molecule has 0 radical (unpaired) electrons. The quantitative estimate of drug-likeness (QED) is 0.829. The van der Waals surface area contributed by atoms with Gasteiger partial charge in [-0.05, 0) is 25.0 Å². The lowest BCUT2D eigenvalue weighted by Crippen LogP contribution is -2.34. The standard InChI is InChI=1S/C14H22O4S/c1-10(2)14(16)12(8-15)9-19(17,18)13-6-4-11(3)5-7-13/h4-7,10,12,14-16H,8-9H2,1-3H3/t12-,14-/m1/s1. The molecule has 108 valence electrons. The van der Waals surface area contributed by atoms with Gasteiger partial charge in [-0.2, -0.15) is 0 Å². The average Bonchev–Trinajstić information content (AvgIpc) is 2.35. The molecule has 1 aromatic rings. The van der Waals surface area contributed by atoms with Gasteiger partial charge in [-0.3, -0.25) is 0 Å². The lowest BCUT2D eigenvalue weighted by atomic mass is 9.96. The van der Waals surface area contributed by atoms with Gasteiger partial charge in [-0.15, -0.1) is 0 Å². The number of benzene rings is 1. The number of aliphatic hydroxyl groups is 2. The molecule has 0 spiro atoms. The maximum Gasteiger partial charge on any atom is 0.178 e. The van der Waals surface area contributed by atoms with Gasteiger partial charge < -0.3 is 10.2 Å². The normalized spacial score (nSPS) is 15.5. The molecule has 19 heavy (non-hydrogen) atoms. The topological polar surface area (TPSA) is 74.6 Å². The number of sulfone groups is 1. The van der Waals surface area contributed by atoms with E-state index in [9.17, 15) is 18.6 Å². The number of aliphatic hydroxyl groups excluding tert-OH is 2. The molecule has 0 fully saturated rings. The van der Waals surface area contributed by atoms with Gasteiger partial charge in [0.1, 0.15) is 0 Å². The van der Waals surface area contributed by atoms with Crippen LogP contribution in [0.1, 0.15) is 19.4 Å². The highest BCUT2D eigenvalue weighted by molar-refractivity contribution is 7.91. The zero-order valence-corrected chi connectivity index (χ0v) is 12.4. The number of hydrogen-bond acceptors (Lipinski definition) is 4. The first-order chi connectivity index (χ1) is 8.77. The van der Waals surface area contributed by atoms with Crippen LogP contribution in [0.15, 0.2) is 29.2 Å². The van der Waals surface area contributed by atoms with Crippen molar-refractivity contribution in [2.45, 2.75) is 31.8 Å². The molecule has 0 bridgehead atoms. The highest BCUT2D eigenvalue weighted by atomic mass is 32.2. The molecule has 0 aliphatic rings. The van der Waals surface area contributed by atoms with Crippen LogP contribution in [0.25, 0.3) is 0 Å². The van der Waals surface area contributed by atoms with E-state index in [2.05, 4.69) is 0 Å². The fourth-order valence-corrected chi connectivity index (χ4v) is 3.54. The second kappa shape index (κ2) is 6.50. The maximum absolute atomic E-state index is 12.2. The summed E-state index contributed by atoms with van der Waals surface area (Å²) in [4.78, 5) is 0.229. The molecule has 0 saturated heterocycles. The van der Waals surface area contributed by atoms with Gasteiger partial charge in [0.25, 0.3) is 0 Å². The third kappa shape index (κ3) is 4.30. The van der Waals surface area contributed by atoms with Crippen LogP contribution in [0.4, 0.5) is 0 Å². The Hall–Kier alpha value is -0.910. The van der Waals surface area contributed by atoms with Crippen molar-refractivity contribution in [3.05, 3.63) is 29.8 Å². The molecule has 2 atom stereocenters. The van der Waals surface area contributed by atoms with Crippen LogP contribution in [0.2, 0.25) is 0 Å². The van der Waals surface area contributed by atoms with Crippen molar-refractivity contribution in [3.63, 3.8) is 0 Å². The van der Waals surface area contributed by atoms with Crippen LogP contribution in [0, 0.1) is 18.8 Å². The van der Waals surface area contributed by atoms with E-state index in [1.54, 1.807) is 38.1 Å². The van der Waals surface area contributed by atoms with Crippen molar-refractivity contribution < 1.29 is 18.6 Å². The summed E-state index contributed by atoms with van der Waals surface area (Å²) in [5.41, 5.74) is 0.986. The summed E-state index contributed by atoms with van der Waals surface area (Å²) in [6.45, 7) is 5.14. The Morgan fingerprint density at radius 1 is 1.16 bits per heavy atom. The number of rotatable bonds is 6. The molecule has 5 heteroatoms. The lowest BCUT2D eigenvalue weighted by molar-refractivity contribution is 0.0441. The Morgan fingerprint density at radius 2 is 1.68 bits per heavy atom. The largest absolute Gasteiger partial charge is 0.396 e. The first kappa shape index (κ1) is 16.1. The van der Waals surface area contributed by atoms with Gasteiger partial charge in [0.05, 0.1) is 16.8 Å². The summed E-state index contributed by atoms with van der Waals surface area (Å²) in [7, 11) is -3.49. The van der Waals surface area contributed by atoms with Crippen molar-refractivity contribution in [1.82, 2.24) is 0 Å². The van der Waals surface area contributed by atoms with Gasteiger partial charge in [0.15, 0.2) is 9.84 Å². The zero-order chi connectivity index (χ0) is 14.6. The minimum absolute atomic E-state index is 0.0923. The van der Waals surface area contributed by atoms with Crippen molar-refractivity contribution in [1.29, 1.82) is 0 Å². The van der Waals surface area contributed by atoms with Crippen LogP contribution in [0.5, 0.6) is 0 Å². The number of hydrogen-bond donors (Lipinski definition) is 2. The molecule has 0 aliphatic carbocycles. The minimum atomic E-state index is -3.49. The zero-order valence-electron chi connectivity index (χ0n) is 11.6. The van der Waals surface area contributed by atoms with Gasteiger partial charge in [0, 0.05) is 12.5 Å². The summed E-state index contributed by atoms with van der Waals surface area (Å²) in [5, 5.41) is 19.2. The van der Waals surface area contributed by atoms with E-state index in [-0.39, 0.29) is 23.2 Å². The highest BCUT2D eigenvalue weighted by Gasteiger charge is 2.28. The Balaban J connectivity index is 2.92. The molecular formula is C14H22O4S. The van der Waals surface area contributed by atoms with Crippen molar-refractivity contribution >= 4 is 9.84 Å². The Bertz CT molecular complexity index is 491. The molecule has 0 aromatic heterocycles. The van der Waals surface area contributed by atoms with Crippen LogP contribution in [0.3, 0.4) is 0 Å². The molecule has 4 nitrogen and oxygen atoms in total. The summed E-state index contributed by atoms with van der Waals surface area (Å²) in [6, 6.07) is 6.58. The Kier molecular flexibility index (Phi) is 5.52. The van der Waals surface area contributed by atoms with E-state index >= 15 is 0 Å². The molecule has 0 unspecified atom stereocenters. The van der Waals surface area contributed by atoms with E-state index < -0.39 is 21.9 Å². The molecule has 0 amide bonds. The fraction of sp³-hybridized carbons (Fsp3) is 0.571. The summed E-state index contributed by atoms with van der Waals surface area (Å²) in [6.07, 6.45) is -0.828. The Morgan fingerprint density at radius 3 is 2.11 bits per heavy atom. The molecule has 0 aliphatic heterocycles. The summed E-state index contributed by atoms with van der Waals surface area (Å²) >= 11 is 0. The van der Waals surface area contributed by atoms with E-state index in [1.165, 1.54) is 0 Å². The molecule has 1 rings (SSSR count). The highest BCUT2D eigenvalue weighted by Crippen LogP contribution is 2.20. The van der Waals surface area contributed by atoms with E-state index in [1.807, 2.05) is 6.92 Å². The van der Waals surface area contributed by atoms with E-state index in [4.69, 9.17) is 0 Å². The van der Waals surface area contributed by atoms with Crippen molar-refractivity contribution in [3.8, 4) is 0 Å². The average molecular weight is 286 g/mol. The molecule has 2 N–H and O–H groups in total. The summed E-state index contributed by atoms with van der Waals surface area (Å²) < 4.78 is 24.4. The second-order valence-electron chi connectivity index (χ2n) is 5.27. The minimum Gasteiger partial charge on any atom is -0.396 e. The van der Waals surface area contributed by atoms with Crippen LogP contribution in [-0.4, -0.2) is 37.1 Å². The van der Waals surface area contributed by atoms with Crippen LogP contribution >= 0.6 is 0 Å². The van der Waals surface area contributed by atoms with Crippen LogP contribution < -0.4 is 0 Å². The summed E-state index contributed by atoms with van der Waals surface area (Å²) in [5.74, 6) is -0.997.